The van der Waals surface area contributed by atoms with Gasteiger partial charge in [0.25, 0.3) is 0 Å². The van der Waals surface area contributed by atoms with E-state index in [1.54, 1.807) is 0 Å². The lowest BCUT2D eigenvalue weighted by molar-refractivity contribution is 0.0285. The minimum atomic E-state index is -0.437. The maximum atomic E-state index is 12.1. The van der Waals surface area contributed by atoms with Crippen molar-refractivity contribution in [1.29, 1.82) is 0 Å². The van der Waals surface area contributed by atoms with Crippen LogP contribution in [0.15, 0.2) is 12.4 Å². The lowest BCUT2D eigenvalue weighted by Crippen LogP contribution is -2.39. The van der Waals surface area contributed by atoms with Crippen molar-refractivity contribution in [3.63, 3.8) is 0 Å². The Hall–Kier alpha value is -1.56. The molecule has 0 aliphatic carbocycles. The van der Waals surface area contributed by atoms with Crippen molar-refractivity contribution in [2.45, 2.75) is 45.3 Å². The topological polar surface area (TPSA) is 59.4 Å². The maximum Gasteiger partial charge on any atom is 0.410 e. The van der Waals surface area contributed by atoms with Gasteiger partial charge in [0, 0.05) is 32.4 Å². The third-order valence-electron chi connectivity index (χ3n) is 4.03. The fraction of sp³-hybridized carbons (Fsp3) is 0.750. The molecule has 2 atom stereocenters. The van der Waals surface area contributed by atoms with Gasteiger partial charge in [-0.2, -0.15) is 5.10 Å². The van der Waals surface area contributed by atoms with Crippen molar-refractivity contribution < 1.29 is 9.53 Å². The number of aromatic nitrogens is 2. The third kappa shape index (κ3) is 4.47. The number of hydrogen-bond donors (Lipinski definition) is 1. The first-order valence-corrected chi connectivity index (χ1v) is 7.91. The average Bonchev–Trinajstić information content (AvgIpc) is 3.03. The quantitative estimate of drug-likeness (QED) is 0.921. The van der Waals surface area contributed by atoms with E-state index in [9.17, 15) is 4.79 Å². The van der Waals surface area contributed by atoms with Crippen molar-refractivity contribution in [3.05, 3.63) is 18.0 Å². The highest BCUT2D eigenvalue weighted by Gasteiger charge is 2.33. The molecule has 1 N–H and O–H groups in total. The van der Waals surface area contributed by atoms with Crippen LogP contribution in [0.2, 0.25) is 0 Å². The molecule has 1 aliphatic heterocycles. The van der Waals surface area contributed by atoms with Gasteiger partial charge in [0.1, 0.15) is 5.60 Å². The molecular formula is C16H28N4O2. The highest BCUT2D eigenvalue weighted by atomic mass is 16.6. The molecule has 6 heteroatoms. The molecule has 1 aromatic rings. The van der Waals surface area contributed by atoms with E-state index >= 15 is 0 Å². The van der Waals surface area contributed by atoms with Crippen molar-refractivity contribution in [1.82, 2.24) is 20.0 Å². The van der Waals surface area contributed by atoms with Gasteiger partial charge in [0.2, 0.25) is 0 Å². The Labute approximate surface area is 132 Å². The van der Waals surface area contributed by atoms with E-state index in [4.69, 9.17) is 4.74 Å². The fourth-order valence-corrected chi connectivity index (χ4v) is 2.94. The maximum absolute atomic E-state index is 12.1. The molecule has 1 aliphatic rings. The molecule has 124 valence electrons. The SMILES string of the molecule is CNC(Cc1cnn(C)c1)C1CCN(C(=O)OC(C)(C)C)C1. The van der Waals surface area contributed by atoms with Gasteiger partial charge in [-0.1, -0.05) is 0 Å². The Bertz CT molecular complexity index is 506. The number of rotatable bonds is 4. The minimum absolute atomic E-state index is 0.203. The largest absolute Gasteiger partial charge is 0.444 e. The summed E-state index contributed by atoms with van der Waals surface area (Å²) in [4.78, 5) is 14.0. The summed E-state index contributed by atoms with van der Waals surface area (Å²) in [6.45, 7) is 7.22. The number of aryl methyl sites for hydroxylation is 1. The highest BCUT2D eigenvalue weighted by molar-refractivity contribution is 5.68. The summed E-state index contributed by atoms with van der Waals surface area (Å²) in [6, 6.07) is 0.344. The van der Waals surface area contributed by atoms with Crippen LogP contribution in [0.5, 0.6) is 0 Å². The molecule has 22 heavy (non-hydrogen) atoms. The van der Waals surface area contributed by atoms with Gasteiger partial charge in [-0.05, 0) is 52.1 Å². The van der Waals surface area contributed by atoms with E-state index in [0.717, 1.165) is 25.9 Å². The molecule has 2 unspecified atom stereocenters. The number of nitrogens with zero attached hydrogens (tertiary/aromatic N) is 3. The molecule has 2 heterocycles. The summed E-state index contributed by atoms with van der Waals surface area (Å²) in [5.41, 5.74) is 0.783. The fourth-order valence-electron chi connectivity index (χ4n) is 2.94. The van der Waals surface area contributed by atoms with Crippen LogP contribution in [0.3, 0.4) is 0 Å². The Morgan fingerprint density at radius 3 is 2.82 bits per heavy atom. The molecule has 0 radical (unpaired) electrons. The van der Waals surface area contributed by atoms with Gasteiger partial charge in [-0.3, -0.25) is 4.68 Å². The van der Waals surface area contributed by atoms with Crippen molar-refractivity contribution >= 4 is 6.09 Å². The lowest BCUT2D eigenvalue weighted by atomic mass is 9.94. The van der Waals surface area contributed by atoms with E-state index in [1.165, 1.54) is 5.56 Å². The van der Waals surface area contributed by atoms with Crippen LogP contribution in [-0.4, -0.2) is 52.6 Å². The summed E-state index contributed by atoms with van der Waals surface area (Å²) >= 11 is 0. The molecule has 0 spiro atoms. The molecule has 1 amide bonds. The molecule has 1 fully saturated rings. The van der Waals surface area contributed by atoms with E-state index in [-0.39, 0.29) is 6.09 Å². The average molecular weight is 308 g/mol. The van der Waals surface area contributed by atoms with Crippen LogP contribution in [-0.2, 0) is 18.2 Å². The van der Waals surface area contributed by atoms with Crippen LogP contribution < -0.4 is 5.32 Å². The predicted molar refractivity (Wildman–Crippen MR) is 85.7 cm³/mol. The van der Waals surface area contributed by atoms with Crippen LogP contribution in [0.4, 0.5) is 4.79 Å². The van der Waals surface area contributed by atoms with Crippen LogP contribution in [0.25, 0.3) is 0 Å². The molecular weight excluding hydrogens is 280 g/mol. The van der Waals surface area contributed by atoms with Crippen molar-refractivity contribution in [2.24, 2.45) is 13.0 Å². The summed E-state index contributed by atoms with van der Waals surface area (Å²) in [6.07, 6.45) is 5.68. The number of nitrogens with one attached hydrogen (secondary N) is 1. The standard InChI is InChI=1S/C16H28N4O2/c1-16(2,3)22-15(21)20-7-6-13(11-20)14(17-4)8-12-9-18-19(5)10-12/h9-10,13-14,17H,6-8,11H2,1-5H3. The number of ether oxygens (including phenoxy) is 1. The molecule has 6 nitrogen and oxygen atoms in total. The first kappa shape index (κ1) is 16.8. The Morgan fingerprint density at radius 1 is 1.55 bits per heavy atom. The number of hydrogen-bond acceptors (Lipinski definition) is 4. The summed E-state index contributed by atoms with van der Waals surface area (Å²) in [7, 11) is 3.91. The second-order valence-corrected chi connectivity index (χ2v) is 7.10. The number of likely N-dealkylation sites (N-methyl/N-ethyl adjacent to an activating group) is 1. The van der Waals surface area contributed by atoms with Crippen LogP contribution in [0, 0.1) is 5.92 Å². The van der Waals surface area contributed by atoms with Crippen molar-refractivity contribution in [2.75, 3.05) is 20.1 Å². The predicted octanol–water partition coefficient (Wildman–Crippen LogP) is 1.81. The van der Waals surface area contributed by atoms with Crippen LogP contribution in [0.1, 0.15) is 32.8 Å². The van der Waals surface area contributed by atoms with E-state index < -0.39 is 5.60 Å². The van der Waals surface area contributed by atoms with Crippen molar-refractivity contribution in [3.8, 4) is 0 Å². The monoisotopic (exact) mass is 308 g/mol. The van der Waals surface area contributed by atoms with Gasteiger partial charge in [0.15, 0.2) is 0 Å². The second-order valence-electron chi connectivity index (χ2n) is 7.10. The number of carbonyl (C=O) groups is 1. The van der Waals surface area contributed by atoms with Gasteiger partial charge in [-0.15, -0.1) is 0 Å². The van der Waals surface area contributed by atoms with E-state index in [1.807, 2.05) is 56.8 Å². The zero-order valence-corrected chi connectivity index (χ0v) is 14.3. The highest BCUT2D eigenvalue weighted by Crippen LogP contribution is 2.24. The molecule has 1 saturated heterocycles. The summed E-state index contributed by atoms with van der Waals surface area (Å²) < 4.78 is 7.28. The number of carbonyl (C=O) groups excluding carboxylic acids is 1. The van der Waals surface area contributed by atoms with Gasteiger partial charge < -0.3 is 15.0 Å². The third-order valence-corrected chi connectivity index (χ3v) is 4.03. The van der Waals surface area contributed by atoms with Gasteiger partial charge in [-0.25, -0.2) is 4.79 Å². The van der Waals surface area contributed by atoms with Crippen LogP contribution >= 0.6 is 0 Å². The second kappa shape index (κ2) is 6.69. The van der Waals surface area contributed by atoms with E-state index in [2.05, 4.69) is 10.4 Å². The molecule has 1 aromatic heterocycles. The Morgan fingerprint density at radius 2 is 2.27 bits per heavy atom. The van der Waals surface area contributed by atoms with Gasteiger partial charge in [0.05, 0.1) is 6.20 Å². The van der Waals surface area contributed by atoms with E-state index in [0.29, 0.717) is 12.0 Å². The summed E-state index contributed by atoms with van der Waals surface area (Å²) in [5, 5.41) is 7.61. The Kier molecular flexibility index (Phi) is 5.11. The first-order chi connectivity index (χ1) is 10.3. The molecule has 0 saturated carbocycles. The van der Waals surface area contributed by atoms with Gasteiger partial charge >= 0.3 is 6.09 Å². The lowest BCUT2D eigenvalue weighted by Gasteiger charge is -2.26. The molecule has 0 aromatic carbocycles. The number of likely N-dealkylation sites (tertiary alicyclic amines) is 1. The number of amides is 1. The first-order valence-electron chi connectivity index (χ1n) is 7.91. The zero-order valence-electron chi connectivity index (χ0n) is 14.3. The summed E-state index contributed by atoms with van der Waals surface area (Å²) in [5.74, 6) is 0.442. The molecule has 2 rings (SSSR count). The Balaban J connectivity index is 1.91. The zero-order chi connectivity index (χ0) is 16.3. The smallest absolute Gasteiger partial charge is 0.410 e. The minimum Gasteiger partial charge on any atom is -0.444 e. The normalized spacial score (nSPS) is 20.2. The molecule has 0 bridgehead atoms.